The molecule has 1 rings (SSSR count). The Morgan fingerprint density at radius 1 is 1.56 bits per heavy atom. The molecule has 1 aromatic rings. The molecule has 0 aromatic carbocycles. The van der Waals surface area contributed by atoms with Crippen molar-refractivity contribution in [2.75, 3.05) is 6.54 Å². The minimum atomic E-state index is 0.0785. The van der Waals surface area contributed by atoms with Gasteiger partial charge in [0.2, 0.25) is 0 Å². The molecule has 2 N–H and O–H groups in total. The van der Waals surface area contributed by atoms with E-state index in [0.717, 1.165) is 25.8 Å². The molecule has 1 heterocycles. The van der Waals surface area contributed by atoms with Gasteiger partial charge in [-0.25, -0.2) is 0 Å². The number of aromatic nitrogens is 2. The first-order chi connectivity index (χ1) is 8.60. The van der Waals surface area contributed by atoms with Crippen molar-refractivity contribution in [1.29, 1.82) is 0 Å². The van der Waals surface area contributed by atoms with Crippen LogP contribution >= 0.6 is 11.6 Å². The average Bonchev–Trinajstić information content (AvgIpc) is 2.69. The minimum Gasteiger partial charge on any atom is -0.330 e. The number of Topliss-reactive ketones (excluding diaryl/α,β-unsaturated/α-hetero) is 1. The summed E-state index contributed by atoms with van der Waals surface area (Å²) >= 11 is 6.03. The van der Waals surface area contributed by atoms with E-state index in [-0.39, 0.29) is 5.78 Å². The Morgan fingerprint density at radius 2 is 2.28 bits per heavy atom. The second-order valence-electron chi connectivity index (χ2n) is 4.71. The molecule has 0 spiro atoms. The van der Waals surface area contributed by atoms with E-state index in [9.17, 15) is 4.79 Å². The fourth-order valence-corrected chi connectivity index (χ4v) is 2.19. The van der Waals surface area contributed by atoms with Crippen molar-refractivity contribution in [2.45, 2.75) is 46.1 Å². The van der Waals surface area contributed by atoms with Crippen molar-refractivity contribution in [3.63, 3.8) is 0 Å². The lowest BCUT2D eigenvalue weighted by Gasteiger charge is -2.10. The smallest absolute Gasteiger partial charge is 0.182 e. The first-order valence-electron chi connectivity index (χ1n) is 6.54. The highest BCUT2D eigenvalue weighted by Gasteiger charge is 2.17. The quantitative estimate of drug-likeness (QED) is 0.740. The number of carbonyl (C=O) groups is 1. The second-order valence-corrected chi connectivity index (χ2v) is 5.12. The molecule has 102 valence electrons. The van der Waals surface area contributed by atoms with Crippen molar-refractivity contribution < 1.29 is 4.79 Å². The highest BCUT2D eigenvalue weighted by molar-refractivity contribution is 6.33. The van der Waals surface area contributed by atoms with E-state index < -0.39 is 0 Å². The summed E-state index contributed by atoms with van der Waals surface area (Å²) in [5.41, 5.74) is 6.05. The molecule has 1 atom stereocenters. The van der Waals surface area contributed by atoms with Crippen molar-refractivity contribution in [2.24, 2.45) is 11.7 Å². The van der Waals surface area contributed by atoms with E-state index in [1.807, 2.05) is 6.92 Å². The monoisotopic (exact) mass is 271 g/mol. The van der Waals surface area contributed by atoms with Gasteiger partial charge in [0, 0.05) is 13.0 Å². The van der Waals surface area contributed by atoms with Crippen LogP contribution < -0.4 is 5.73 Å². The third-order valence-electron chi connectivity index (χ3n) is 3.02. The molecule has 0 amide bonds. The predicted molar refractivity (Wildman–Crippen MR) is 73.9 cm³/mol. The highest BCUT2D eigenvalue weighted by Crippen LogP contribution is 2.20. The van der Waals surface area contributed by atoms with Crippen LogP contribution in [0.25, 0.3) is 0 Å². The number of ketones is 1. The molecule has 0 fully saturated rings. The minimum absolute atomic E-state index is 0.0785. The van der Waals surface area contributed by atoms with Gasteiger partial charge < -0.3 is 5.73 Å². The molecule has 0 radical (unpaired) electrons. The fraction of sp³-hybridized carbons (Fsp3) is 0.692. The summed E-state index contributed by atoms with van der Waals surface area (Å²) in [6.07, 6.45) is 4.80. The summed E-state index contributed by atoms with van der Waals surface area (Å²) in [4.78, 5) is 12.2. The number of hydrogen-bond donors (Lipinski definition) is 1. The van der Waals surface area contributed by atoms with Gasteiger partial charge in [0.1, 0.15) is 5.69 Å². The van der Waals surface area contributed by atoms with E-state index >= 15 is 0 Å². The van der Waals surface area contributed by atoms with Crippen LogP contribution in [0.2, 0.25) is 5.02 Å². The maximum atomic E-state index is 12.2. The maximum Gasteiger partial charge on any atom is 0.182 e. The van der Waals surface area contributed by atoms with Crippen LogP contribution in [0, 0.1) is 5.92 Å². The van der Waals surface area contributed by atoms with E-state index in [2.05, 4.69) is 12.0 Å². The molecule has 0 saturated carbocycles. The Bertz CT molecular complexity index is 390. The van der Waals surface area contributed by atoms with E-state index in [1.165, 1.54) is 0 Å². The molecular weight excluding hydrogens is 250 g/mol. The fourth-order valence-electron chi connectivity index (χ4n) is 1.95. The lowest BCUT2D eigenvalue weighted by molar-refractivity contribution is 0.0963. The number of nitrogens with two attached hydrogens (primary N) is 1. The number of nitrogens with zero attached hydrogens (tertiary/aromatic N) is 2. The average molecular weight is 272 g/mol. The Balaban J connectivity index is 2.63. The molecule has 0 bridgehead atoms. The van der Waals surface area contributed by atoms with Gasteiger partial charge in [0.25, 0.3) is 0 Å². The predicted octanol–water partition coefficient (Wildman–Crippen LogP) is 2.89. The van der Waals surface area contributed by atoms with Gasteiger partial charge in [-0.05, 0) is 31.7 Å². The molecule has 0 aliphatic heterocycles. The molecular formula is C13H22ClN3O. The number of aryl methyl sites for hydroxylation is 1. The Labute approximate surface area is 113 Å². The normalized spacial score (nSPS) is 12.7. The molecule has 5 heteroatoms. The molecule has 1 aromatic heterocycles. The van der Waals surface area contributed by atoms with E-state index in [4.69, 9.17) is 17.3 Å². The van der Waals surface area contributed by atoms with Gasteiger partial charge in [-0.2, -0.15) is 5.10 Å². The lowest BCUT2D eigenvalue weighted by Crippen LogP contribution is -2.13. The molecule has 4 nitrogen and oxygen atoms in total. The van der Waals surface area contributed by atoms with Crippen molar-refractivity contribution in [3.8, 4) is 0 Å². The highest BCUT2D eigenvalue weighted by atomic mass is 35.5. The van der Waals surface area contributed by atoms with Crippen molar-refractivity contribution in [3.05, 3.63) is 16.9 Å². The molecule has 0 aliphatic rings. The zero-order chi connectivity index (χ0) is 13.5. The van der Waals surface area contributed by atoms with Crippen LogP contribution in [0.4, 0.5) is 0 Å². The molecule has 1 unspecified atom stereocenters. The van der Waals surface area contributed by atoms with Crippen LogP contribution in [-0.4, -0.2) is 22.1 Å². The van der Waals surface area contributed by atoms with Crippen molar-refractivity contribution in [1.82, 2.24) is 9.78 Å². The van der Waals surface area contributed by atoms with Crippen LogP contribution in [0.3, 0.4) is 0 Å². The zero-order valence-electron chi connectivity index (χ0n) is 11.2. The Morgan fingerprint density at radius 3 is 2.89 bits per heavy atom. The van der Waals surface area contributed by atoms with E-state index in [1.54, 1.807) is 10.9 Å². The standard InChI is InChI=1S/C13H22ClN3O/c1-3-8-17-13(11(14)9-16-17)12(18)5-4-10(2)6-7-15/h9-10H,3-8,15H2,1-2H3. The number of hydrogen-bond acceptors (Lipinski definition) is 3. The molecule has 18 heavy (non-hydrogen) atoms. The summed E-state index contributed by atoms with van der Waals surface area (Å²) in [6, 6.07) is 0. The van der Waals surface area contributed by atoms with Crippen LogP contribution in [-0.2, 0) is 6.54 Å². The third kappa shape index (κ3) is 4.10. The van der Waals surface area contributed by atoms with Crippen molar-refractivity contribution >= 4 is 17.4 Å². The number of carbonyl (C=O) groups excluding carboxylic acids is 1. The van der Waals surface area contributed by atoms with Crippen LogP contribution in [0.1, 0.15) is 50.0 Å². The van der Waals surface area contributed by atoms with Crippen LogP contribution in [0.5, 0.6) is 0 Å². The lowest BCUT2D eigenvalue weighted by atomic mass is 9.99. The molecule has 0 aliphatic carbocycles. The van der Waals surface area contributed by atoms with Crippen LogP contribution in [0.15, 0.2) is 6.20 Å². The Hall–Kier alpha value is -0.870. The van der Waals surface area contributed by atoms with Gasteiger partial charge in [-0.1, -0.05) is 25.4 Å². The summed E-state index contributed by atoms with van der Waals surface area (Å²) in [6.45, 7) is 5.56. The summed E-state index contributed by atoms with van der Waals surface area (Å²) in [7, 11) is 0. The topological polar surface area (TPSA) is 60.9 Å². The van der Waals surface area contributed by atoms with Gasteiger partial charge >= 0.3 is 0 Å². The summed E-state index contributed by atoms with van der Waals surface area (Å²) in [5, 5.41) is 4.59. The summed E-state index contributed by atoms with van der Waals surface area (Å²) < 4.78 is 1.71. The SMILES string of the molecule is CCCn1ncc(Cl)c1C(=O)CCC(C)CCN. The van der Waals surface area contributed by atoms with Gasteiger partial charge in [0.05, 0.1) is 11.2 Å². The summed E-state index contributed by atoms with van der Waals surface area (Å²) in [5.74, 6) is 0.551. The largest absolute Gasteiger partial charge is 0.330 e. The van der Waals surface area contributed by atoms with E-state index in [0.29, 0.717) is 29.6 Å². The maximum absolute atomic E-state index is 12.2. The number of halogens is 1. The number of rotatable bonds is 8. The second kappa shape index (κ2) is 7.54. The first-order valence-corrected chi connectivity index (χ1v) is 6.92. The first kappa shape index (κ1) is 15.2. The Kier molecular flexibility index (Phi) is 6.36. The van der Waals surface area contributed by atoms with Gasteiger partial charge in [-0.15, -0.1) is 0 Å². The molecule has 0 saturated heterocycles. The third-order valence-corrected chi connectivity index (χ3v) is 3.29. The van der Waals surface area contributed by atoms with Gasteiger partial charge in [0.15, 0.2) is 5.78 Å². The zero-order valence-corrected chi connectivity index (χ0v) is 11.9. The van der Waals surface area contributed by atoms with Gasteiger partial charge in [-0.3, -0.25) is 9.48 Å².